The van der Waals surface area contributed by atoms with Crippen molar-refractivity contribution in [1.29, 1.82) is 0 Å². The maximum atomic E-state index is 12.4. The van der Waals surface area contributed by atoms with E-state index in [2.05, 4.69) is 18.6 Å². The van der Waals surface area contributed by atoms with Crippen LogP contribution in [0.15, 0.2) is 0 Å². The molecule has 0 aliphatic heterocycles. The Morgan fingerprint density at radius 1 is 1.16 bits per heavy atom. The third-order valence-electron chi connectivity index (χ3n) is 3.49. The largest absolute Gasteiger partial charge is 0.468 e. The number of nitrogens with zero attached hydrogens (tertiary/aromatic N) is 1. The second-order valence-corrected chi connectivity index (χ2v) is 5.16. The standard InChI is InChI=1S/C14H27NO4/c1-7-11(8-2)9-15(10-12(16)18-5)13(17)14(3,4)19-6/h11H,7-10H2,1-6H3. The first-order valence-corrected chi connectivity index (χ1v) is 6.73. The van der Waals surface area contributed by atoms with E-state index >= 15 is 0 Å². The third-order valence-corrected chi connectivity index (χ3v) is 3.49. The molecule has 0 aromatic carbocycles. The Balaban J connectivity index is 4.94. The minimum atomic E-state index is -0.931. The molecule has 0 radical (unpaired) electrons. The Bertz CT molecular complexity index is 298. The fourth-order valence-electron chi connectivity index (χ4n) is 1.77. The second-order valence-electron chi connectivity index (χ2n) is 5.16. The normalized spacial score (nSPS) is 11.5. The molecule has 0 fully saturated rings. The van der Waals surface area contributed by atoms with Crippen LogP contribution in [-0.4, -0.2) is 49.7 Å². The number of rotatable bonds is 8. The lowest BCUT2D eigenvalue weighted by atomic mass is 10.0. The first-order valence-electron chi connectivity index (χ1n) is 6.73. The lowest BCUT2D eigenvalue weighted by molar-refractivity contribution is -0.157. The maximum Gasteiger partial charge on any atom is 0.325 e. The van der Waals surface area contributed by atoms with Gasteiger partial charge in [-0.1, -0.05) is 26.7 Å². The van der Waals surface area contributed by atoms with Gasteiger partial charge in [0.15, 0.2) is 0 Å². The molecule has 112 valence electrons. The van der Waals surface area contributed by atoms with Crippen LogP contribution in [0.3, 0.4) is 0 Å². The number of hydrogen-bond acceptors (Lipinski definition) is 4. The number of methoxy groups -OCH3 is 2. The Kier molecular flexibility index (Phi) is 7.68. The van der Waals surface area contributed by atoms with E-state index in [9.17, 15) is 9.59 Å². The van der Waals surface area contributed by atoms with Crippen molar-refractivity contribution in [2.45, 2.75) is 46.1 Å². The van der Waals surface area contributed by atoms with Gasteiger partial charge in [-0.05, 0) is 19.8 Å². The summed E-state index contributed by atoms with van der Waals surface area (Å²) in [5.41, 5.74) is -0.931. The summed E-state index contributed by atoms with van der Waals surface area (Å²) in [6.45, 7) is 8.08. The molecule has 0 atom stereocenters. The van der Waals surface area contributed by atoms with Crippen LogP contribution in [-0.2, 0) is 19.1 Å². The molecule has 0 aromatic heterocycles. The summed E-state index contributed by atoms with van der Waals surface area (Å²) in [6.07, 6.45) is 1.93. The molecule has 0 N–H and O–H groups in total. The van der Waals surface area contributed by atoms with Crippen molar-refractivity contribution < 1.29 is 19.1 Å². The molecule has 0 saturated heterocycles. The molecule has 5 nitrogen and oxygen atoms in total. The highest BCUT2D eigenvalue weighted by Gasteiger charge is 2.33. The average molecular weight is 273 g/mol. The van der Waals surface area contributed by atoms with Gasteiger partial charge in [-0.25, -0.2) is 0 Å². The van der Waals surface area contributed by atoms with E-state index in [0.29, 0.717) is 12.5 Å². The van der Waals surface area contributed by atoms with E-state index < -0.39 is 11.6 Å². The summed E-state index contributed by atoms with van der Waals surface area (Å²) < 4.78 is 9.85. The number of carbonyl (C=O) groups is 2. The zero-order valence-corrected chi connectivity index (χ0v) is 13.0. The fraction of sp³-hybridized carbons (Fsp3) is 0.857. The number of ether oxygens (including phenoxy) is 2. The molecular formula is C14H27NO4. The molecule has 0 unspecified atom stereocenters. The summed E-state index contributed by atoms with van der Waals surface area (Å²) in [5, 5.41) is 0. The molecule has 5 heteroatoms. The smallest absolute Gasteiger partial charge is 0.325 e. The van der Waals surface area contributed by atoms with Gasteiger partial charge in [0, 0.05) is 13.7 Å². The minimum Gasteiger partial charge on any atom is -0.468 e. The van der Waals surface area contributed by atoms with E-state index in [1.807, 2.05) is 0 Å². The number of hydrogen-bond donors (Lipinski definition) is 0. The molecule has 0 spiro atoms. The molecule has 0 aromatic rings. The SMILES string of the molecule is CCC(CC)CN(CC(=O)OC)C(=O)C(C)(C)OC. The van der Waals surface area contributed by atoms with Crippen molar-refractivity contribution in [3.8, 4) is 0 Å². The first-order chi connectivity index (χ1) is 8.82. The van der Waals surface area contributed by atoms with Crippen molar-refractivity contribution in [2.24, 2.45) is 5.92 Å². The number of carbonyl (C=O) groups excluding carboxylic acids is 2. The second kappa shape index (κ2) is 8.15. The van der Waals surface area contributed by atoms with Gasteiger partial charge < -0.3 is 14.4 Å². The van der Waals surface area contributed by atoms with Gasteiger partial charge in [-0.3, -0.25) is 9.59 Å². The number of esters is 1. The van der Waals surface area contributed by atoms with Crippen LogP contribution in [0, 0.1) is 5.92 Å². The van der Waals surface area contributed by atoms with Crippen molar-refractivity contribution in [1.82, 2.24) is 4.90 Å². The van der Waals surface area contributed by atoms with Crippen molar-refractivity contribution >= 4 is 11.9 Å². The third kappa shape index (κ3) is 5.59. The zero-order chi connectivity index (χ0) is 15.1. The van der Waals surface area contributed by atoms with Crippen molar-refractivity contribution in [3.05, 3.63) is 0 Å². The molecule has 0 rings (SSSR count). The van der Waals surface area contributed by atoms with Crippen LogP contribution in [0.25, 0.3) is 0 Å². The average Bonchev–Trinajstić information content (AvgIpc) is 2.42. The Morgan fingerprint density at radius 2 is 1.68 bits per heavy atom. The highest BCUT2D eigenvalue weighted by molar-refractivity contribution is 5.87. The predicted molar refractivity (Wildman–Crippen MR) is 73.8 cm³/mol. The molecular weight excluding hydrogens is 246 g/mol. The number of amides is 1. The fourth-order valence-corrected chi connectivity index (χ4v) is 1.77. The van der Waals surface area contributed by atoms with E-state index in [1.54, 1.807) is 13.8 Å². The summed E-state index contributed by atoms with van der Waals surface area (Å²) in [6, 6.07) is 0. The van der Waals surface area contributed by atoms with Crippen LogP contribution in [0.4, 0.5) is 0 Å². The summed E-state index contributed by atoms with van der Waals surface area (Å²) in [5.74, 6) is -0.222. The Hall–Kier alpha value is -1.10. The van der Waals surface area contributed by atoms with Crippen LogP contribution in [0.1, 0.15) is 40.5 Å². The highest BCUT2D eigenvalue weighted by atomic mass is 16.5. The van der Waals surface area contributed by atoms with Crippen LogP contribution in [0.5, 0.6) is 0 Å². The molecule has 0 bridgehead atoms. The molecule has 0 aliphatic carbocycles. The molecule has 0 saturated carbocycles. The van der Waals surface area contributed by atoms with E-state index in [1.165, 1.54) is 19.1 Å². The van der Waals surface area contributed by atoms with Gasteiger partial charge in [0.25, 0.3) is 5.91 Å². The Morgan fingerprint density at radius 3 is 2.05 bits per heavy atom. The first kappa shape index (κ1) is 17.9. The topological polar surface area (TPSA) is 55.8 Å². The van der Waals surface area contributed by atoms with Gasteiger partial charge in [0.2, 0.25) is 0 Å². The minimum absolute atomic E-state index is 0.0291. The Labute approximate surface area is 116 Å². The summed E-state index contributed by atoms with van der Waals surface area (Å²) >= 11 is 0. The van der Waals surface area contributed by atoms with E-state index in [-0.39, 0.29) is 12.5 Å². The van der Waals surface area contributed by atoms with Crippen LogP contribution in [0.2, 0.25) is 0 Å². The molecule has 0 heterocycles. The molecule has 0 aliphatic rings. The quantitative estimate of drug-likeness (QED) is 0.633. The maximum absolute atomic E-state index is 12.4. The van der Waals surface area contributed by atoms with Gasteiger partial charge in [-0.2, -0.15) is 0 Å². The van der Waals surface area contributed by atoms with Gasteiger partial charge in [-0.15, -0.1) is 0 Å². The van der Waals surface area contributed by atoms with E-state index in [4.69, 9.17) is 4.74 Å². The van der Waals surface area contributed by atoms with Crippen LogP contribution < -0.4 is 0 Å². The van der Waals surface area contributed by atoms with Crippen LogP contribution >= 0.6 is 0 Å². The highest BCUT2D eigenvalue weighted by Crippen LogP contribution is 2.16. The monoisotopic (exact) mass is 273 g/mol. The van der Waals surface area contributed by atoms with Gasteiger partial charge >= 0.3 is 5.97 Å². The van der Waals surface area contributed by atoms with Gasteiger partial charge in [0.05, 0.1) is 7.11 Å². The molecule has 1 amide bonds. The van der Waals surface area contributed by atoms with Crippen molar-refractivity contribution in [2.75, 3.05) is 27.3 Å². The lowest BCUT2D eigenvalue weighted by Crippen LogP contribution is -2.50. The van der Waals surface area contributed by atoms with E-state index in [0.717, 1.165) is 12.8 Å². The molecule has 19 heavy (non-hydrogen) atoms. The predicted octanol–water partition coefficient (Wildman–Crippen LogP) is 1.85. The van der Waals surface area contributed by atoms with Gasteiger partial charge in [0.1, 0.15) is 12.1 Å². The van der Waals surface area contributed by atoms with Crippen molar-refractivity contribution in [3.63, 3.8) is 0 Å². The lowest BCUT2D eigenvalue weighted by Gasteiger charge is -2.32. The zero-order valence-electron chi connectivity index (χ0n) is 13.0. The summed E-state index contributed by atoms with van der Waals surface area (Å²) in [7, 11) is 2.81. The summed E-state index contributed by atoms with van der Waals surface area (Å²) in [4.78, 5) is 25.4.